The number of carbonyl (C=O) groups excluding carboxylic acids is 2. The Kier molecular flexibility index (Phi) is 6.02. The summed E-state index contributed by atoms with van der Waals surface area (Å²) in [5, 5.41) is 0. The number of sulfone groups is 1. The standard InChI is InChI=1S/C17H22BrNO6S/c1-5-24-15(20)17(3,26(4,22)23)9-13-10-19(16(21)25-13)14-7-6-12(18)8-11(14)2/h6-8,13H,5,9-10H2,1-4H3/t13-,17+/m0/s1. The first kappa shape index (κ1) is 20.7. The Morgan fingerprint density at radius 1 is 1.46 bits per heavy atom. The first-order valence-electron chi connectivity index (χ1n) is 8.10. The Bertz CT molecular complexity index is 825. The fourth-order valence-electron chi connectivity index (χ4n) is 2.85. The van der Waals surface area contributed by atoms with Gasteiger partial charge >= 0.3 is 12.1 Å². The first-order chi connectivity index (χ1) is 12.0. The van der Waals surface area contributed by atoms with E-state index in [1.54, 1.807) is 13.0 Å². The second-order valence-electron chi connectivity index (χ2n) is 6.47. The summed E-state index contributed by atoms with van der Waals surface area (Å²) >= 11 is 3.37. The van der Waals surface area contributed by atoms with Gasteiger partial charge < -0.3 is 9.47 Å². The Hall–Kier alpha value is -1.61. The number of cyclic esters (lactones) is 1. The van der Waals surface area contributed by atoms with Crippen molar-refractivity contribution in [1.29, 1.82) is 0 Å². The van der Waals surface area contributed by atoms with Crippen molar-refractivity contribution in [3.8, 4) is 0 Å². The van der Waals surface area contributed by atoms with Gasteiger partial charge in [0.05, 0.1) is 18.8 Å². The van der Waals surface area contributed by atoms with E-state index in [0.29, 0.717) is 5.69 Å². The number of rotatable bonds is 6. The van der Waals surface area contributed by atoms with E-state index in [4.69, 9.17) is 9.47 Å². The molecule has 0 unspecified atom stereocenters. The molecule has 0 saturated carbocycles. The van der Waals surface area contributed by atoms with Crippen molar-refractivity contribution in [3.05, 3.63) is 28.2 Å². The normalized spacial score (nSPS) is 19.8. The van der Waals surface area contributed by atoms with Crippen LogP contribution in [0.1, 0.15) is 25.8 Å². The van der Waals surface area contributed by atoms with Crippen LogP contribution >= 0.6 is 15.9 Å². The van der Waals surface area contributed by atoms with E-state index in [-0.39, 0.29) is 19.6 Å². The molecule has 1 aromatic carbocycles. The number of ether oxygens (including phenoxy) is 2. The van der Waals surface area contributed by atoms with E-state index in [9.17, 15) is 18.0 Å². The molecule has 2 atom stereocenters. The molecule has 0 aromatic heterocycles. The maximum Gasteiger partial charge on any atom is 0.414 e. The molecular weight excluding hydrogens is 426 g/mol. The van der Waals surface area contributed by atoms with Gasteiger partial charge in [-0.05, 0) is 44.5 Å². The molecule has 1 fully saturated rings. The van der Waals surface area contributed by atoms with Gasteiger partial charge in [0.15, 0.2) is 14.6 Å². The fraction of sp³-hybridized carbons (Fsp3) is 0.529. The molecule has 1 aliphatic heterocycles. The van der Waals surface area contributed by atoms with E-state index >= 15 is 0 Å². The average Bonchev–Trinajstić information content (AvgIpc) is 2.86. The van der Waals surface area contributed by atoms with Crippen molar-refractivity contribution in [2.24, 2.45) is 0 Å². The molecule has 0 bridgehead atoms. The van der Waals surface area contributed by atoms with Gasteiger partial charge in [-0.1, -0.05) is 15.9 Å². The van der Waals surface area contributed by atoms with Crippen molar-refractivity contribution in [1.82, 2.24) is 0 Å². The lowest BCUT2D eigenvalue weighted by Gasteiger charge is -2.27. The highest BCUT2D eigenvalue weighted by molar-refractivity contribution is 9.10. The number of halogens is 1. The SMILES string of the molecule is CCOC(=O)[C@@](C)(C[C@H]1CN(c2ccc(Br)cc2C)C(=O)O1)S(C)(=O)=O. The number of aryl methyl sites for hydroxylation is 1. The van der Waals surface area contributed by atoms with Crippen LogP contribution in [0, 0.1) is 6.92 Å². The number of carbonyl (C=O) groups is 2. The summed E-state index contributed by atoms with van der Waals surface area (Å²) in [6.07, 6.45) is -0.491. The minimum Gasteiger partial charge on any atom is -0.465 e. The van der Waals surface area contributed by atoms with Gasteiger partial charge in [0.25, 0.3) is 0 Å². The maximum absolute atomic E-state index is 12.3. The molecule has 9 heteroatoms. The second kappa shape index (κ2) is 7.56. The molecule has 1 saturated heterocycles. The van der Waals surface area contributed by atoms with Gasteiger partial charge in [-0.2, -0.15) is 0 Å². The number of amides is 1. The molecule has 2 rings (SSSR count). The van der Waals surface area contributed by atoms with E-state index < -0.39 is 32.8 Å². The molecule has 26 heavy (non-hydrogen) atoms. The lowest BCUT2D eigenvalue weighted by atomic mass is 10.0. The highest BCUT2D eigenvalue weighted by Gasteiger charge is 2.49. The molecule has 1 amide bonds. The van der Waals surface area contributed by atoms with Gasteiger partial charge in [-0.15, -0.1) is 0 Å². The van der Waals surface area contributed by atoms with Gasteiger partial charge in [-0.25, -0.2) is 13.2 Å². The molecule has 1 aliphatic rings. The van der Waals surface area contributed by atoms with Crippen LogP contribution in [0.25, 0.3) is 0 Å². The van der Waals surface area contributed by atoms with Crippen LogP contribution in [-0.4, -0.2) is 50.7 Å². The quantitative estimate of drug-likeness (QED) is 0.622. The highest BCUT2D eigenvalue weighted by Crippen LogP contribution is 2.32. The van der Waals surface area contributed by atoms with Crippen molar-refractivity contribution >= 4 is 43.5 Å². The predicted octanol–water partition coefficient (Wildman–Crippen LogP) is 2.84. The van der Waals surface area contributed by atoms with Crippen LogP contribution in [-0.2, 0) is 24.1 Å². The number of hydrogen-bond donors (Lipinski definition) is 0. The van der Waals surface area contributed by atoms with Crippen molar-refractivity contribution in [2.75, 3.05) is 24.3 Å². The molecule has 0 aliphatic carbocycles. The average molecular weight is 448 g/mol. The third kappa shape index (κ3) is 4.03. The fourth-order valence-corrected chi connectivity index (χ4v) is 4.18. The maximum atomic E-state index is 12.3. The van der Waals surface area contributed by atoms with Gasteiger partial charge in [0, 0.05) is 17.1 Å². The zero-order valence-electron chi connectivity index (χ0n) is 15.1. The molecule has 144 valence electrons. The topological polar surface area (TPSA) is 90.0 Å². The van der Waals surface area contributed by atoms with Crippen LogP contribution < -0.4 is 4.90 Å². The summed E-state index contributed by atoms with van der Waals surface area (Å²) in [6.45, 7) is 5.00. The van der Waals surface area contributed by atoms with Crippen molar-refractivity contribution < 1.29 is 27.5 Å². The smallest absolute Gasteiger partial charge is 0.414 e. The van der Waals surface area contributed by atoms with Crippen LogP contribution in [0.5, 0.6) is 0 Å². The third-order valence-corrected chi connectivity index (χ3v) is 6.93. The Balaban J connectivity index is 2.25. The van der Waals surface area contributed by atoms with Crippen LogP contribution in [0.3, 0.4) is 0 Å². The Morgan fingerprint density at radius 2 is 2.12 bits per heavy atom. The second-order valence-corrected chi connectivity index (χ2v) is 9.84. The van der Waals surface area contributed by atoms with Gasteiger partial charge in [-0.3, -0.25) is 9.69 Å². The molecule has 1 aromatic rings. The molecule has 0 spiro atoms. The number of anilines is 1. The first-order valence-corrected chi connectivity index (χ1v) is 10.8. The van der Waals surface area contributed by atoms with E-state index in [2.05, 4.69) is 15.9 Å². The zero-order chi connectivity index (χ0) is 19.7. The Morgan fingerprint density at radius 3 is 2.65 bits per heavy atom. The predicted molar refractivity (Wildman–Crippen MR) is 101 cm³/mol. The lowest BCUT2D eigenvalue weighted by Crippen LogP contribution is -2.47. The molecule has 7 nitrogen and oxygen atoms in total. The van der Waals surface area contributed by atoms with Crippen molar-refractivity contribution in [2.45, 2.75) is 38.0 Å². The Labute approximate surface area is 161 Å². The summed E-state index contributed by atoms with van der Waals surface area (Å²) in [4.78, 5) is 26.0. The highest BCUT2D eigenvalue weighted by atomic mass is 79.9. The van der Waals surface area contributed by atoms with Gasteiger partial charge in [0.1, 0.15) is 6.10 Å². The van der Waals surface area contributed by atoms with Crippen LogP contribution in [0.4, 0.5) is 10.5 Å². The molecule has 1 heterocycles. The monoisotopic (exact) mass is 447 g/mol. The number of benzene rings is 1. The van der Waals surface area contributed by atoms with Crippen LogP contribution in [0.15, 0.2) is 22.7 Å². The largest absolute Gasteiger partial charge is 0.465 e. The number of nitrogens with zero attached hydrogens (tertiary/aromatic N) is 1. The summed E-state index contributed by atoms with van der Waals surface area (Å²) in [5.41, 5.74) is 1.55. The minimum absolute atomic E-state index is 0.0681. The lowest BCUT2D eigenvalue weighted by molar-refractivity contribution is -0.146. The van der Waals surface area contributed by atoms with E-state index in [1.165, 1.54) is 11.8 Å². The summed E-state index contributed by atoms with van der Waals surface area (Å²) < 4.78 is 33.8. The molecule has 0 radical (unpaired) electrons. The number of esters is 1. The summed E-state index contributed by atoms with van der Waals surface area (Å²) in [7, 11) is -3.78. The summed E-state index contributed by atoms with van der Waals surface area (Å²) in [6, 6.07) is 5.46. The van der Waals surface area contributed by atoms with E-state index in [0.717, 1.165) is 16.3 Å². The summed E-state index contributed by atoms with van der Waals surface area (Å²) in [5.74, 6) is -0.836. The number of hydrogen-bond acceptors (Lipinski definition) is 6. The molecule has 0 N–H and O–H groups in total. The van der Waals surface area contributed by atoms with Crippen LogP contribution in [0.2, 0.25) is 0 Å². The molecular formula is C17H22BrNO6S. The van der Waals surface area contributed by atoms with Gasteiger partial charge in [0.2, 0.25) is 0 Å². The zero-order valence-corrected chi connectivity index (χ0v) is 17.5. The van der Waals surface area contributed by atoms with E-state index in [1.807, 2.05) is 19.1 Å². The minimum atomic E-state index is -3.78. The van der Waals surface area contributed by atoms with Crippen molar-refractivity contribution in [3.63, 3.8) is 0 Å². The third-order valence-electron chi connectivity index (χ3n) is 4.47.